The zero-order chi connectivity index (χ0) is 9.94. The largest absolute Gasteiger partial charge is 0.381 e. The van der Waals surface area contributed by atoms with Crippen molar-refractivity contribution in [2.45, 2.75) is 46.0 Å². The van der Waals surface area contributed by atoms with Gasteiger partial charge in [-0.2, -0.15) is 0 Å². The third kappa shape index (κ3) is 8.26. The molecule has 0 fully saturated rings. The van der Waals surface area contributed by atoms with Gasteiger partial charge in [-0.3, -0.25) is 5.73 Å². The van der Waals surface area contributed by atoms with Crippen molar-refractivity contribution in [3.05, 3.63) is 0 Å². The van der Waals surface area contributed by atoms with Crippen molar-refractivity contribution >= 4 is 0 Å². The van der Waals surface area contributed by atoms with Gasteiger partial charge in [-0.25, -0.2) is 0 Å². The Morgan fingerprint density at radius 2 is 2.00 bits per heavy atom. The molecular weight excluding hydrogens is 162 g/mol. The molecular formula is C11H24NO. The van der Waals surface area contributed by atoms with Crippen molar-refractivity contribution in [3.63, 3.8) is 0 Å². The molecule has 2 heteroatoms. The first kappa shape index (κ1) is 12.9. The minimum atomic E-state index is 0.492. The predicted molar refractivity (Wildman–Crippen MR) is 56.7 cm³/mol. The van der Waals surface area contributed by atoms with Gasteiger partial charge >= 0.3 is 0 Å². The predicted octanol–water partition coefficient (Wildman–Crippen LogP) is 2.89. The van der Waals surface area contributed by atoms with Gasteiger partial charge in [0.05, 0.1) is 0 Å². The SMILES string of the molecule is CCCCC(CC)COCCC[NH]. The standard InChI is InChI=1S/C11H24NO/c1-3-5-7-11(4-2)10-13-9-6-8-12/h11-12H,3-10H2,1-2H3. The van der Waals surface area contributed by atoms with Crippen LogP contribution in [0.15, 0.2) is 0 Å². The molecule has 13 heavy (non-hydrogen) atoms. The van der Waals surface area contributed by atoms with Crippen LogP contribution in [0, 0.1) is 5.92 Å². The summed E-state index contributed by atoms with van der Waals surface area (Å²) in [5, 5.41) is 0. The van der Waals surface area contributed by atoms with E-state index in [9.17, 15) is 0 Å². The number of hydrogen-bond donors (Lipinski definition) is 0. The lowest BCUT2D eigenvalue weighted by Gasteiger charge is -2.14. The molecule has 0 aromatic rings. The van der Waals surface area contributed by atoms with E-state index in [-0.39, 0.29) is 0 Å². The van der Waals surface area contributed by atoms with Crippen molar-refractivity contribution in [3.8, 4) is 0 Å². The molecule has 79 valence electrons. The molecule has 0 aliphatic heterocycles. The number of hydrogen-bond acceptors (Lipinski definition) is 1. The van der Waals surface area contributed by atoms with Gasteiger partial charge in [0, 0.05) is 19.8 Å². The summed E-state index contributed by atoms with van der Waals surface area (Å²) < 4.78 is 5.50. The summed E-state index contributed by atoms with van der Waals surface area (Å²) in [5.74, 6) is 0.741. The summed E-state index contributed by atoms with van der Waals surface area (Å²) in [6.45, 7) is 6.62. The molecule has 0 aromatic heterocycles. The van der Waals surface area contributed by atoms with E-state index in [4.69, 9.17) is 10.5 Å². The van der Waals surface area contributed by atoms with Gasteiger partial charge in [0.25, 0.3) is 0 Å². The van der Waals surface area contributed by atoms with Crippen LogP contribution < -0.4 is 5.73 Å². The summed E-state index contributed by atoms with van der Waals surface area (Å²) in [7, 11) is 0. The third-order valence-corrected chi connectivity index (χ3v) is 2.36. The highest BCUT2D eigenvalue weighted by Gasteiger charge is 2.04. The molecule has 0 aromatic carbocycles. The van der Waals surface area contributed by atoms with E-state index >= 15 is 0 Å². The van der Waals surface area contributed by atoms with E-state index in [2.05, 4.69) is 13.8 Å². The molecule has 0 aliphatic carbocycles. The maximum Gasteiger partial charge on any atom is 0.0494 e. The Labute approximate surface area is 82.8 Å². The summed E-state index contributed by atoms with van der Waals surface area (Å²) in [6, 6.07) is 0. The Morgan fingerprint density at radius 3 is 2.54 bits per heavy atom. The summed E-state index contributed by atoms with van der Waals surface area (Å²) >= 11 is 0. The first-order valence-electron chi connectivity index (χ1n) is 5.57. The van der Waals surface area contributed by atoms with Crippen molar-refractivity contribution < 1.29 is 4.74 Å². The first-order chi connectivity index (χ1) is 6.35. The highest BCUT2D eigenvalue weighted by molar-refractivity contribution is 4.55. The van der Waals surface area contributed by atoms with Gasteiger partial charge < -0.3 is 4.74 Å². The van der Waals surface area contributed by atoms with Gasteiger partial charge in [0.1, 0.15) is 0 Å². The molecule has 1 atom stereocenters. The molecule has 0 amide bonds. The Morgan fingerprint density at radius 1 is 1.23 bits per heavy atom. The summed E-state index contributed by atoms with van der Waals surface area (Å²) in [4.78, 5) is 0. The van der Waals surface area contributed by atoms with Crippen LogP contribution in [0.4, 0.5) is 0 Å². The van der Waals surface area contributed by atoms with Crippen LogP contribution in [-0.4, -0.2) is 19.8 Å². The molecule has 1 N–H and O–H groups in total. The molecule has 2 nitrogen and oxygen atoms in total. The average Bonchev–Trinajstić information content (AvgIpc) is 2.17. The molecule has 1 unspecified atom stereocenters. The second-order valence-electron chi connectivity index (χ2n) is 3.59. The fourth-order valence-corrected chi connectivity index (χ4v) is 1.32. The second-order valence-corrected chi connectivity index (χ2v) is 3.59. The highest BCUT2D eigenvalue weighted by Crippen LogP contribution is 2.12. The summed E-state index contributed by atoms with van der Waals surface area (Å²) in [6.07, 6.45) is 6.00. The quantitative estimate of drug-likeness (QED) is 0.510. The molecule has 0 saturated heterocycles. The smallest absolute Gasteiger partial charge is 0.0494 e. The number of ether oxygens (including phenoxy) is 1. The highest BCUT2D eigenvalue weighted by atomic mass is 16.5. The lowest BCUT2D eigenvalue weighted by Crippen LogP contribution is -2.10. The minimum Gasteiger partial charge on any atom is -0.381 e. The molecule has 1 radical (unpaired) electrons. The van der Waals surface area contributed by atoms with Gasteiger partial charge in [0.2, 0.25) is 0 Å². The van der Waals surface area contributed by atoms with Gasteiger partial charge in [-0.15, -0.1) is 0 Å². The lowest BCUT2D eigenvalue weighted by atomic mass is 10.0. The Bertz CT molecular complexity index is 96.1. The van der Waals surface area contributed by atoms with Crippen molar-refractivity contribution in [1.29, 1.82) is 0 Å². The molecule has 0 bridgehead atoms. The zero-order valence-electron chi connectivity index (χ0n) is 9.14. The van der Waals surface area contributed by atoms with Crippen molar-refractivity contribution in [2.75, 3.05) is 19.8 Å². The minimum absolute atomic E-state index is 0.492. The molecule has 0 saturated carbocycles. The summed E-state index contributed by atoms with van der Waals surface area (Å²) in [5.41, 5.74) is 6.96. The van der Waals surface area contributed by atoms with E-state index in [1.54, 1.807) is 0 Å². The topological polar surface area (TPSA) is 33.0 Å². The van der Waals surface area contributed by atoms with Gasteiger partial charge in [-0.1, -0.05) is 33.1 Å². The maximum absolute atomic E-state index is 6.96. The number of nitrogens with one attached hydrogen (secondary N) is 1. The van der Waals surface area contributed by atoms with E-state index in [1.807, 2.05) is 0 Å². The first-order valence-corrected chi connectivity index (χ1v) is 5.57. The molecule has 0 rings (SSSR count). The number of unbranched alkanes of at least 4 members (excludes halogenated alkanes) is 1. The molecule has 0 spiro atoms. The monoisotopic (exact) mass is 186 g/mol. The third-order valence-electron chi connectivity index (χ3n) is 2.36. The lowest BCUT2D eigenvalue weighted by molar-refractivity contribution is 0.0931. The van der Waals surface area contributed by atoms with E-state index in [1.165, 1.54) is 25.7 Å². The van der Waals surface area contributed by atoms with Crippen LogP contribution >= 0.6 is 0 Å². The average molecular weight is 186 g/mol. The normalized spacial score (nSPS) is 13.2. The molecule has 0 aliphatic rings. The van der Waals surface area contributed by atoms with Crippen LogP contribution in [0.3, 0.4) is 0 Å². The maximum atomic E-state index is 6.96. The zero-order valence-corrected chi connectivity index (χ0v) is 9.14. The van der Waals surface area contributed by atoms with Crippen LogP contribution in [-0.2, 0) is 4.74 Å². The second kappa shape index (κ2) is 10.0. The van der Waals surface area contributed by atoms with Crippen LogP contribution in [0.2, 0.25) is 0 Å². The Hall–Kier alpha value is -0.0800. The number of rotatable bonds is 9. The van der Waals surface area contributed by atoms with E-state index in [0.29, 0.717) is 6.54 Å². The van der Waals surface area contributed by atoms with Crippen LogP contribution in [0.25, 0.3) is 0 Å². The Kier molecular flexibility index (Phi) is 9.94. The van der Waals surface area contributed by atoms with E-state index < -0.39 is 0 Å². The fourth-order valence-electron chi connectivity index (χ4n) is 1.32. The van der Waals surface area contributed by atoms with Crippen LogP contribution in [0.5, 0.6) is 0 Å². The fraction of sp³-hybridized carbons (Fsp3) is 1.00. The van der Waals surface area contributed by atoms with Crippen LogP contribution in [0.1, 0.15) is 46.0 Å². The van der Waals surface area contributed by atoms with Crippen molar-refractivity contribution in [2.24, 2.45) is 5.92 Å². The van der Waals surface area contributed by atoms with Crippen molar-refractivity contribution in [1.82, 2.24) is 5.73 Å². The Balaban J connectivity index is 3.25. The molecule has 0 heterocycles. The van der Waals surface area contributed by atoms with Gasteiger partial charge in [-0.05, 0) is 18.8 Å². The van der Waals surface area contributed by atoms with E-state index in [0.717, 1.165) is 25.6 Å². The van der Waals surface area contributed by atoms with Gasteiger partial charge in [0.15, 0.2) is 0 Å².